The van der Waals surface area contributed by atoms with Crippen LogP contribution in [0.25, 0.3) is 0 Å². The van der Waals surface area contributed by atoms with E-state index in [4.69, 9.17) is 0 Å². The predicted octanol–water partition coefficient (Wildman–Crippen LogP) is 2.96. The molecule has 1 amide bonds. The number of amides is 1. The van der Waals surface area contributed by atoms with Crippen molar-refractivity contribution >= 4 is 17.3 Å². The third-order valence-electron chi connectivity index (χ3n) is 3.61. The Kier molecular flexibility index (Phi) is 4.91. The highest BCUT2D eigenvalue weighted by Gasteiger charge is 2.24. The Morgan fingerprint density at radius 2 is 2.08 bits per heavy atom. The number of carbonyl (C=O) groups excluding carboxylic acids is 1. The standard InChI is InChI=1S/C15H16F2N4O3/c1-8(7-20-10(3)14(21(23)24)9(2)19-20)15(22)18-13-5-4-11(16)6-12(13)17/h4-6,8H,7H2,1-3H3,(H,18,22). The minimum absolute atomic E-state index is 0.0906. The first-order chi connectivity index (χ1) is 11.2. The first-order valence-corrected chi connectivity index (χ1v) is 7.15. The van der Waals surface area contributed by atoms with Crippen LogP contribution in [0.1, 0.15) is 18.3 Å². The number of benzene rings is 1. The first kappa shape index (κ1) is 17.5. The monoisotopic (exact) mass is 338 g/mol. The largest absolute Gasteiger partial charge is 0.323 e. The first-order valence-electron chi connectivity index (χ1n) is 7.15. The summed E-state index contributed by atoms with van der Waals surface area (Å²) in [6.07, 6.45) is 0. The van der Waals surface area contributed by atoms with E-state index >= 15 is 0 Å². The summed E-state index contributed by atoms with van der Waals surface area (Å²) in [7, 11) is 0. The van der Waals surface area contributed by atoms with Crippen LogP contribution in [0.3, 0.4) is 0 Å². The van der Waals surface area contributed by atoms with Gasteiger partial charge in [0.1, 0.15) is 23.0 Å². The van der Waals surface area contributed by atoms with Gasteiger partial charge in [-0.25, -0.2) is 8.78 Å². The lowest BCUT2D eigenvalue weighted by atomic mass is 10.1. The van der Waals surface area contributed by atoms with Gasteiger partial charge in [0.05, 0.1) is 23.1 Å². The lowest BCUT2D eigenvalue weighted by Crippen LogP contribution is -2.25. The van der Waals surface area contributed by atoms with Crippen LogP contribution in [-0.4, -0.2) is 20.6 Å². The molecule has 2 aromatic rings. The second-order valence-corrected chi connectivity index (χ2v) is 5.47. The molecule has 0 radical (unpaired) electrons. The van der Waals surface area contributed by atoms with Gasteiger partial charge in [-0.2, -0.15) is 5.10 Å². The fraction of sp³-hybridized carbons (Fsp3) is 0.333. The topological polar surface area (TPSA) is 90.1 Å². The van der Waals surface area contributed by atoms with E-state index in [1.165, 1.54) is 11.6 Å². The molecule has 24 heavy (non-hydrogen) atoms. The predicted molar refractivity (Wildman–Crippen MR) is 82.5 cm³/mol. The number of nitrogens with one attached hydrogen (secondary N) is 1. The van der Waals surface area contributed by atoms with Gasteiger partial charge in [0.25, 0.3) is 0 Å². The molecule has 0 bridgehead atoms. The van der Waals surface area contributed by atoms with Gasteiger partial charge >= 0.3 is 5.69 Å². The molecule has 1 heterocycles. The van der Waals surface area contributed by atoms with E-state index in [0.717, 1.165) is 12.1 Å². The summed E-state index contributed by atoms with van der Waals surface area (Å²) in [4.78, 5) is 22.6. The number of aromatic nitrogens is 2. The Morgan fingerprint density at radius 1 is 1.42 bits per heavy atom. The molecule has 128 valence electrons. The summed E-state index contributed by atoms with van der Waals surface area (Å²) < 4.78 is 27.8. The van der Waals surface area contributed by atoms with Crippen LogP contribution < -0.4 is 5.32 Å². The van der Waals surface area contributed by atoms with Crippen molar-refractivity contribution in [3.63, 3.8) is 0 Å². The highest BCUT2D eigenvalue weighted by Crippen LogP contribution is 2.23. The van der Waals surface area contributed by atoms with Crippen molar-refractivity contribution in [2.75, 3.05) is 5.32 Å². The third kappa shape index (κ3) is 3.55. The number of hydrogen-bond acceptors (Lipinski definition) is 4. The summed E-state index contributed by atoms with van der Waals surface area (Å²) >= 11 is 0. The Labute approximate surface area is 136 Å². The highest BCUT2D eigenvalue weighted by molar-refractivity contribution is 5.92. The zero-order valence-electron chi connectivity index (χ0n) is 13.3. The van der Waals surface area contributed by atoms with Crippen molar-refractivity contribution in [3.05, 3.63) is 51.3 Å². The van der Waals surface area contributed by atoms with Gasteiger partial charge in [-0.3, -0.25) is 19.6 Å². The van der Waals surface area contributed by atoms with Gasteiger partial charge in [0.15, 0.2) is 0 Å². The minimum Gasteiger partial charge on any atom is -0.323 e. The number of hydrogen-bond donors (Lipinski definition) is 1. The van der Waals surface area contributed by atoms with Gasteiger partial charge in [0, 0.05) is 6.07 Å². The van der Waals surface area contributed by atoms with Gasteiger partial charge < -0.3 is 5.32 Å². The molecule has 1 atom stereocenters. The normalized spacial score (nSPS) is 12.0. The molecule has 1 N–H and O–H groups in total. The van der Waals surface area contributed by atoms with E-state index in [1.807, 2.05) is 0 Å². The number of halogens is 2. The number of anilines is 1. The molecule has 0 aliphatic heterocycles. The zero-order chi connectivity index (χ0) is 18.0. The van der Waals surface area contributed by atoms with Crippen LogP contribution in [0, 0.1) is 41.5 Å². The molecule has 0 fully saturated rings. The van der Waals surface area contributed by atoms with Crippen molar-refractivity contribution < 1.29 is 18.5 Å². The maximum atomic E-state index is 13.6. The molecule has 0 spiro atoms. The van der Waals surface area contributed by atoms with Crippen LogP contribution in [0.4, 0.5) is 20.2 Å². The van der Waals surface area contributed by atoms with Crippen LogP contribution in [0.15, 0.2) is 18.2 Å². The van der Waals surface area contributed by atoms with Gasteiger partial charge in [-0.15, -0.1) is 0 Å². The minimum atomic E-state index is -0.877. The van der Waals surface area contributed by atoms with Crippen LogP contribution >= 0.6 is 0 Å². The number of rotatable bonds is 5. The fourth-order valence-electron chi connectivity index (χ4n) is 2.32. The molecule has 9 heteroatoms. The van der Waals surface area contributed by atoms with E-state index in [-0.39, 0.29) is 23.6 Å². The van der Waals surface area contributed by atoms with E-state index in [9.17, 15) is 23.7 Å². The quantitative estimate of drug-likeness (QED) is 0.670. The zero-order valence-corrected chi connectivity index (χ0v) is 13.3. The third-order valence-corrected chi connectivity index (χ3v) is 3.61. The summed E-state index contributed by atoms with van der Waals surface area (Å²) in [6, 6.07) is 2.84. The number of carbonyl (C=O) groups is 1. The number of nitro groups is 1. The summed E-state index contributed by atoms with van der Waals surface area (Å²) in [5.41, 5.74) is 0.375. The van der Waals surface area contributed by atoms with Gasteiger partial charge in [-0.05, 0) is 26.0 Å². The lowest BCUT2D eigenvalue weighted by molar-refractivity contribution is -0.386. The molecule has 0 aliphatic carbocycles. The van der Waals surface area contributed by atoms with Gasteiger partial charge in [-0.1, -0.05) is 6.92 Å². The molecule has 7 nitrogen and oxygen atoms in total. The van der Waals surface area contributed by atoms with Crippen molar-refractivity contribution in [2.45, 2.75) is 27.3 Å². The van der Waals surface area contributed by atoms with Crippen molar-refractivity contribution in [1.82, 2.24) is 9.78 Å². The average Bonchev–Trinajstić information content (AvgIpc) is 2.76. The van der Waals surface area contributed by atoms with Gasteiger partial charge in [0.2, 0.25) is 5.91 Å². The molecule has 0 saturated carbocycles. The van der Waals surface area contributed by atoms with E-state index in [2.05, 4.69) is 10.4 Å². The number of nitrogens with zero attached hydrogens (tertiary/aromatic N) is 3. The molecular formula is C15H16F2N4O3. The second kappa shape index (κ2) is 6.73. The van der Waals surface area contributed by atoms with E-state index in [1.54, 1.807) is 13.8 Å². The molecule has 1 aromatic carbocycles. The molecule has 2 rings (SSSR count). The molecule has 1 aromatic heterocycles. The summed E-state index contributed by atoms with van der Waals surface area (Å²) in [5, 5.41) is 17.4. The lowest BCUT2D eigenvalue weighted by Gasteiger charge is -2.13. The SMILES string of the molecule is Cc1nn(CC(C)C(=O)Nc2ccc(F)cc2F)c(C)c1[N+](=O)[O-]. The van der Waals surface area contributed by atoms with Crippen LogP contribution in [0.5, 0.6) is 0 Å². The average molecular weight is 338 g/mol. The Balaban J connectivity index is 2.12. The van der Waals surface area contributed by atoms with Crippen molar-refractivity contribution in [3.8, 4) is 0 Å². The molecule has 1 unspecified atom stereocenters. The molecular weight excluding hydrogens is 322 g/mol. The Hall–Kier alpha value is -2.84. The fourth-order valence-corrected chi connectivity index (χ4v) is 2.32. The summed E-state index contributed by atoms with van der Waals surface area (Å²) in [5.74, 6) is -2.76. The van der Waals surface area contributed by atoms with Crippen LogP contribution in [-0.2, 0) is 11.3 Å². The maximum absolute atomic E-state index is 13.6. The molecule has 0 aliphatic rings. The summed E-state index contributed by atoms with van der Waals surface area (Å²) in [6.45, 7) is 4.73. The smallest absolute Gasteiger partial charge is 0.312 e. The van der Waals surface area contributed by atoms with Crippen molar-refractivity contribution in [1.29, 1.82) is 0 Å². The van der Waals surface area contributed by atoms with Crippen molar-refractivity contribution in [2.24, 2.45) is 5.92 Å². The Bertz CT molecular complexity index is 804. The maximum Gasteiger partial charge on any atom is 0.312 e. The van der Waals surface area contributed by atoms with E-state index < -0.39 is 28.4 Å². The molecule has 0 saturated heterocycles. The van der Waals surface area contributed by atoms with Crippen LogP contribution in [0.2, 0.25) is 0 Å². The highest BCUT2D eigenvalue weighted by atomic mass is 19.1. The number of aryl methyl sites for hydroxylation is 1. The second-order valence-electron chi connectivity index (χ2n) is 5.47. The Morgan fingerprint density at radius 3 is 2.62 bits per heavy atom. The van der Waals surface area contributed by atoms with E-state index in [0.29, 0.717) is 11.8 Å².